The summed E-state index contributed by atoms with van der Waals surface area (Å²) in [6.45, 7) is -0.351. The van der Waals surface area contributed by atoms with Crippen LogP contribution in [0.1, 0.15) is 24.1 Å². The van der Waals surface area contributed by atoms with Gasteiger partial charge >= 0.3 is 7.12 Å². The first kappa shape index (κ1) is 25.2. The summed E-state index contributed by atoms with van der Waals surface area (Å²) in [6, 6.07) is 9.14. The molecular formula is C23H25BINO7S. The smallest absolute Gasteiger partial charge is 0.456 e. The summed E-state index contributed by atoms with van der Waals surface area (Å²) in [7, 11) is -3.16. The molecule has 1 saturated heterocycles. The maximum Gasteiger partial charge on any atom is 0.456 e. The van der Waals surface area contributed by atoms with E-state index in [0.29, 0.717) is 33.3 Å². The Hall–Kier alpha value is -1.93. The number of aliphatic hydroxyl groups excluding tert-OH is 1. The molecule has 1 fully saturated rings. The molecule has 11 heteroatoms. The number of phenols is 1. The molecule has 0 saturated carbocycles. The molecule has 0 unspecified atom stereocenters. The highest BCUT2D eigenvalue weighted by Gasteiger charge is 2.48. The van der Waals surface area contributed by atoms with E-state index in [9.17, 15) is 23.7 Å². The Balaban J connectivity index is 1.67. The number of sulfone groups is 1. The van der Waals surface area contributed by atoms with Crippen molar-refractivity contribution in [1.82, 2.24) is 4.98 Å². The highest BCUT2D eigenvalue weighted by molar-refractivity contribution is 14.1. The highest BCUT2D eigenvalue weighted by atomic mass is 127. The number of hydrogen-bond acceptors (Lipinski definition) is 8. The van der Waals surface area contributed by atoms with Crippen LogP contribution in [0.2, 0.25) is 6.32 Å². The molecule has 0 aliphatic carbocycles. The van der Waals surface area contributed by atoms with Crippen LogP contribution < -0.4 is 4.74 Å². The third kappa shape index (κ3) is 5.18. The Labute approximate surface area is 212 Å². The maximum atomic E-state index is 12.6. The zero-order chi connectivity index (χ0) is 24.5. The number of pyridine rings is 1. The second-order valence-electron chi connectivity index (χ2n) is 8.30. The fraction of sp³-hybridized carbons (Fsp3) is 0.348. The molecule has 4 rings (SSSR count). The summed E-state index contributed by atoms with van der Waals surface area (Å²) in [5.74, 6) is 0.222. The van der Waals surface area contributed by atoms with Crippen LogP contribution in [0.3, 0.4) is 0 Å². The lowest BCUT2D eigenvalue weighted by atomic mass is 9.74. The highest BCUT2D eigenvalue weighted by Crippen LogP contribution is 2.40. The first-order valence-electron chi connectivity index (χ1n) is 10.8. The van der Waals surface area contributed by atoms with Gasteiger partial charge in [-0.25, -0.2) is 8.42 Å². The van der Waals surface area contributed by atoms with Gasteiger partial charge in [0.2, 0.25) is 0 Å². The standard InChI is InChI=1S/C23H25BINO7S/c1-32-20-10-14(9-17(25)23(20)28)8-15(18-4-2-3-7-26-18)5-6-19-22-16(12-27)13-34(30,31)21(22)11-24(29)33-19/h2-4,7-10,19,21,27-29H,5-6,11-13H2,1H3/b15-8-/t19-,21+/m1/s1. The molecule has 34 heavy (non-hydrogen) atoms. The van der Waals surface area contributed by atoms with Crippen LogP contribution in [0.25, 0.3) is 11.6 Å². The number of aromatic hydroxyl groups is 1. The summed E-state index contributed by atoms with van der Waals surface area (Å²) in [6.07, 6.45) is 3.86. The quantitative estimate of drug-likeness (QED) is 0.253. The number of ether oxygens (including phenoxy) is 1. The van der Waals surface area contributed by atoms with Crippen molar-refractivity contribution in [2.45, 2.75) is 30.5 Å². The Morgan fingerprint density at radius 1 is 1.38 bits per heavy atom. The van der Waals surface area contributed by atoms with Crippen LogP contribution in [-0.4, -0.2) is 66.6 Å². The van der Waals surface area contributed by atoms with E-state index >= 15 is 0 Å². The van der Waals surface area contributed by atoms with E-state index in [4.69, 9.17) is 9.39 Å². The lowest BCUT2D eigenvalue weighted by Crippen LogP contribution is -2.42. The zero-order valence-corrected chi connectivity index (χ0v) is 21.5. The number of phenolic OH excluding ortho intramolecular Hbond substituents is 1. The third-order valence-corrected chi connectivity index (χ3v) is 9.01. The molecule has 2 aliphatic rings. The Morgan fingerprint density at radius 2 is 2.18 bits per heavy atom. The average Bonchev–Trinajstić information content (AvgIpc) is 3.09. The van der Waals surface area contributed by atoms with Gasteiger partial charge in [0, 0.05) is 12.5 Å². The molecule has 1 aromatic heterocycles. The molecule has 0 spiro atoms. The van der Waals surface area contributed by atoms with Crippen molar-refractivity contribution < 1.29 is 33.0 Å². The Morgan fingerprint density at radius 3 is 2.85 bits per heavy atom. The van der Waals surface area contributed by atoms with E-state index in [0.717, 1.165) is 16.8 Å². The lowest BCUT2D eigenvalue weighted by molar-refractivity contribution is 0.169. The van der Waals surface area contributed by atoms with Gasteiger partial charge < -0.3 is 24.6 Å². The van der Waals surface area contributed by atoms with Gasteiger partial charge in [-0.05, 0) is 88.1 Å². The predicted molar refractivity (Wildman–Crippen MR) is 138 cm³/mol. The summed E-state index contributed by atoms with van der Waals surface area (Å²) in [5, 5.41) is 29.3. The molecule has 3 heterocycles. The number of methoxy groups -OCH3 is 1. The molecule has 2 aromatic rings. The van der Waals surface area contributed by atoms with Crippen LogP contribution in [-0.2, 0) is 14.5 Å². The first-order valence-corrected chi connectivity index (χ1v) is 13.6. The molecule has 2 atom stereocenters. The van der Waals surface area contributed by atoms with Crippen molar-refractivity contribution in [2.75, 3.05) is 19.5 Å². The van der Waals surface area contributed by atoms with Crippen molar-refractivity contribution in [3.8, 4) is 11.5 Å². The molecule has 2 aliphatic heterocycles. The van der Waals surface area contributed by atoms with E-state index in [2.05, 4.69) is 4.98 Å². The largest absolute Gasteiger partial charge is 0.504 e. The predicted octanol–water partition coefficient (Wildman–Crippen LogP) is 2.69. The van der Waals surface area contributed by atoms with Crippen molar-refractivity contribution in [1.29, 1.82) is 0 Å². The molecule has 1 aromatic carbocycles. The lowest BCUT2D eigenvalue weighted by Gasteiger charge is -2.32. The number of aliphatic hydroxyl groups is 1. The van der Waals surface area contributed by atoms with E-state index in [1.807, 2.05) is 52.9 Å². The minimum Gasteiger partial charge on any atom is -0.504 e. The van der Waals surface area contributed by atoms with E-state index in [-0.39, 0.29) is 24.4 Å². The van der Waals surface area contributed by atoms with Gasteiger partial charge in [-0.1, -0.05) is 6.07 Å². The molecule has 0 amide bonds. The molecule has 0 bridgehead atoms. The molecule has 8 nitrogen and oxygen atoms in total. The van der Waals surface area contributed by atoms with Crippen LogP contribution in [0.15, 0.2) is 47.7 Å². The fourth-order valence-corrected chi connectivity index (χ4v) is 7.30. The molecule has 0 radical (unpaired) electrons. The Kier molecular flexibility index (Phi) is 7.67. The number of aromatic nitrogens is 1. The average molecular weight is 597 g/mol. The maximum absolute atomic E-state index is 12.6. The van der Waals surface area contributed by atoms with Gasteiger partial charge in [0.05, 0.1) is 40.1 Å². The number of allylic oxidation sites excluding steroid dienone is 1. The number of rotatable bonds is 7. The van der Waals surface area contributed by atoms with Crippen LogP contribution in [0.4, 0.5) is 0 Å². The topological polar surface area (TPSA) is 126 Å². The molecule has 180 valence electrons. The van der Waals surface area contributed by atoms with Gasteiger partial charge in [-0.3, -0.25) is 4.98 Å². The van der Waals surface area contributed by atoms with Crippen molar-refractivity contribution >= 4 is 51.2 Å². The van der Waals surface area contributed by atoms with Crippen LogP contribution >= 0.6 is 22.6 Å². The van der Waals surface area contributed by atoms with Crippen molar-refractivity contribution in [2.24, 2.45) is 0 Å². The summed E-state index contributed by atoms with van der Waals surface area (Å²) >= 11 is 2.04. The number of hydrogen-bond donors (Lipinski definition) is 3. The fourth-order valence-electron chi connectivity index (χ4n) is 4.57. The van der Waals surface area contributed by atoms with E-state index in [1.165, 1.54) is 7.11 Å². The van der Waals surface area contributed by atoms with Gasteiger partial charge in [-0.2, -0.15) is 0 Å². The van der Waals surface area contributed by atoms with E-state index in [1.54, 1.807) is 12.3 Å². The van der Waals surface area contributed by atoms with E-state index < -0.39 is 28.3 Å². The van der Waals surface area contributed by atoms with Crippen LogP contribution in [0, 0.1) is 3.57 Å². The second kappa shape index (κ2) is 10.4. The number of fused-ring (bicyclic) bond motifs is 1. The molecular weight excluding hydrogens is 572 g/mol. The first-order chi connectivity index (χ1) is 16.2. The van der Waals surface area contributed by atoms with Gasteiger partial charge in [0.15, 0.2) is 21.3 Å². The van der Waals surface area contributed by atoms with Gasteiger partial charge in [0.25, 0.3) is 0 Å². The third-order valence-electron chi connectivity index (χ3n) is 6.12. The Bertz CT molecular complexity index is 1230. The number of nitrogens with zero attached hydrogens (tertiary/aromatic N) is 1. The van der Waals surface area contributed by atoms with Gasteiger partial charge in [-0.15, -0.1) is 0 Å². The number of benzene rings is 1. The van der Waals surface area contributed by atoms with Crippen LogP contribution in [0.5, 0.6) is 11.5 Å². The summed E-state index contributed by atoms with van der Waals surface area (Å²) in [4.78, 5) is 4.47. The molecule has 3 N–H and O–H groups in total. The minimum absolute atomic E-state index is 0.0215. The summed E-state index contributed by atoms with van der Waals surface area (Å²) < 4.78 is 36.9. The number of halogens is 1. The minimum atomic E-state index is -3.47. The van der Waals surface area contributed by atoms with Crippen molar-refractivity contribution in [3.63, 3.8) is 0 Å². The monoisotopic (exact) mass is 597 g/mol. The zero-order valence-electron chi connectivity index (χ0n) is 18.5. The SMILES string of the molecule is COc1cc(/C=C(/CC[C@H]2OB(O)C[C@H]3C2=C(CO)CS3(=O)=O)c2ccccn2)cc(I)c1O. The second-order valence-corrected chi connectivity index (χ2v) is 11.7. The van der Waals surface area contributed by atoms with Crippen molar-refractivity contribution in [3.05, 3.63) is 62.5 Å². The normalized spacial score (nSPS) is 22.1. The summed E-state index contributed by atoms with van der Waals surface area (Å²) in [5.41, 5.74) is 3.46. The van der Waals surface area contributed by atoms with Gasteiger partial charge in [0.1, 0.15) is 0 Å².